The zero-order valence-electron chi connectivity index (χ0n) is 14.7. The molecule has 3 aromatic carbocycles. The second kappa shape index (κ2) is 7.32. The van der Waals surface area contributed by atoms with E-state index in [1.807, 2.05) is 0 Å². The number of carboxylic acid groups (broad SMARTS) is 1. The fourth-order valence-electron chi connectivity index (χ4n) is 2.66. The van der Waals surface area contributed by atoms with Crippen molar-refractivity contribution in [3.05, 3.63) is 77.6 Å². The molecule has 3 N–H and O–H groups in total. The molecule has 0 spiro atoms. The summed E-state index contributed by atoms with van der Waals surface area (Å²) >= 11 is 0. The molecule has 0 aliphatic rings. The van der Waals surface area contributed by atoms with E-state index in [2.05, 4.69) is 4.72 Å². The molecule has 0 aromatic heterocycles. The van der Waals surface area contributed by atoms with E-state index in [1.54, 1.807) is 31.2 Å². The van der Waals surface area contributed by atoms with Crippen molar-refractivity contribution in [3.63, 3.8) is 0 Å². The van der Waals surface area contributed by atoms with Gasteiger partial charge in [0.2, 0.25) is 0 Å². The van der Waals surface area contributed by atoms with E-state index in [9.17, 15) is 22.7 Å². The van der Waals surface area contributed by atoms with Crippen molar-refractivity contribution in [3.8, 4) is 16.9 Å². The highest BCUT2D eigenvalue weighted by atomic mass is 32.2. The minimum atomic E-state index is -3.99. The van der Waals surface area contributed by atoms with Crippen molar-refractivity contribution in [1.29, 1.82) is 0 Å². The first-order valence-corrected chi connectivity index (χ1v) is 9.61. The summed E-state index contributed by atoms with van der Waals surface area (Å²) in [5, 5.41) is 18.6. The average molecular weight is 401 g/mol. The van der Waals surface area contributed by atoms with Crippen LogP contribution in [0.4, 0.5) is 10.1 Å². The maximum atomic E-state index is 13.5. The molecule has 0 atom stereocenters. The predicted molar refractivity (Wildman–Crippen MR) is 102 cm³/mol. The van der Waals surface area contributed by atoms with E-state index in [4.69, 9.17) is 5.11 Å². The second-order valence-electron chi connectivity index (χ2n) is 6.13. The summed E-state index contributed by atoms with van der Waals surface area (Å²) in [5.41, 5.74) is 1.38. The maximum Gasteiger partial charge on any atom is 0.339 e. The third-order valence-electron chi connectivity index (χ3n) is 4.12. The van der Waals surface area contributed by atoms with Crippen LogP contribution in [-0.4, -0.2) is 24.6 Å². The first-order chi connectivity index (χ1) is 13.2. The largest absolute Gasteiger partial charge is 0.507 e. The Hall–Kier alpha value is -3.39. The minimum absolute atomic E-state index is 0.0190. The fourth-order valence-corrected chi connectivity index (χ4v) is 3.75. The number of halogens is 1. The van der Waals surface area contributed by atoms with Gasteiger partial charge >= 0.3 is 5.97 Å². The Kier molecular flexibility index (Phi) is 5.06. The van der Waals surface area contributed by atoms with E-state index in [1.165, 1.54) is 24.3 Å². The lowest BCUT2D eigenvalue weighted by Crippen LogP contribution is -2.13. The number of hydrogen-bond donors (Lipinski definition) is 3. The average Bonchev–Trinajstić information content (AvgIpc) is 2.63. The summed E-state index contributed by atoms with van der Waals surface area (Å²) in [5.74, 6) is -2.23. The Morgan fingerprint density at radius 1 is 1.00 bits per heavy atom. The Morgan fingerprint density at radius 2 is 1.71 bits per heavy atom. The van der Waals surface area contributed by atoms with E-state index in [0.717, 1.165) is 12.1 Å². The summed E-state index contributed by atoms with van der Waals surface area (Å²) in [6.07, 6.45) is 0. The van der Waals surface area contributed by atoms with Crippen LogP contribution >= 0.6 is 0 Å². The van der Waals surface area contributed by atoms with Gasteiger partial charge < -0.3 is 10.2 Å². The highest BCUT2D eigenvalue weighted by Gasteiger charge is 2.17. The lowest BCUT2D eigenvalue weighted by molar-refractivity contribution is 0.0694. The zero-order valence-corrected chi connectivity index (χ0v) is 15.5. The Morgan fingerprint density at radius 3 is 2.36 bits per heavy atom. The molecule has 3 aromatic rings. The van der Waals surface area contributed by atoms with Gasteiger partial charge in [-0.25, -0.2) is 17.6 Å². The quantitative estimate of drug-likeness (QED) is 0.599. The van der Waals surface area contributed by atoms with E-state index in [-0.39, 0.29) is 22.0 Å². The maximum absolute atomic E-state index is 13.5. The van der Waals surface area contributed by atoms with Gasteiger partial charge in [0.25, 0.3) is 10.0 Å². The summed E-state index contributed by atoms with van der Waals surface area (Å²) < 4.78 is 41.1. The number of benzene rings is 3. The summed E-state index contributed by atoms with van der Waals surface area (Å²) in [6, 6.07) is 14.0. The SMILES string of the molecule is Cc1cc(-c2cccc(S(=O)(=O)Nc3ccc(C(=O)O)c(O)c3)c2)ccc1F. The molecule has 0 fully saturated rings. The monoisotopic (exact) mass is 401 g/mol. The van der Waals surface area contributed by atoms with Gasteiger partial charge in [0.1, 0.15) is 17.1 Å². The number of aromatic carboxylic acids is 1. The first kappa shape index (κ1) is 19.4. The van der Waals surface area contributed by atoms with Crippen molar-refractivity contribution in [1.82, 2.24) is 0 Å². The Bertz CT molecular complexity index is 1170. The molecular weight excluding hydrogens is 385 g/mol. The van der Waals surface area contributed by atoms with Crippen molar-refractivity contribution in [2.24, 2.45) is 0 Å². The number of aryl methyl sites for hydroxylation is 1. The molecule has 144 valence electrons. The van der Waals surface area contributed by atoms with Crippen molar-refractivity contribution in [2.45, 2.75) is 11.8 Å². The lowest BCUT2D eigenvalue weighted by atomic mass is 10.0. The standard InChI is InChI=1S/C20H16FNO5S/c1-12-9-14(5-8-18(12)21)13-3-2-4-16(10-13)28(26,27)22-15-6-7-17(20(24)25)19(23)11-15/h2-11,22-23H,1H3,(H,24,25). The minimum Gasteiger partial charge on any atom is -0.507 e. The van der Waals surface area contributed by atoms with Gasteiger partial charge in [-0.2, -0.15) is 0 Å². The van der Waals surface area contributed by atoms with Gasteiger partial charge in [-0.15, -0.1) is 0 Å². The van der Waals surface area contributed by atoms with Gasteiger partial charge in [0.05, 0.1) is 10.6 Å². The third-order valence-corrected chi connectivity index (χ3v) is 5.49. The van der Waals surface area contributed by atoms with Crippen molar-refractivity contribution in [2.75, 3.05) is 4.72 Å². The van der Waals surface area contributed by atoms with Crippen LogP contribution in [0.5, 0.6) is 5.75 Å². The Balaban J connectivity index is 1.93. The Labute approximate surface area is 161 Å². The molecule has 0 saturated heterocycles. The normalized spacial score (nSPS) is 11.2. The zero-order chi connectivity index (χ0) is 20.5. The van der Waals surface area contributed by atoms with Crippen LogP contribution in [0.3, 0.4) is 0 Å². The van der Waals surface area contributed by atoms with Crippen LogP contribution in [0, 0.1) is 12.7 Å². The third kappa shape index (κ3) is 3.96. The van der Waals surface area contributed by atoms with Gasteiger partial charge in [-0.3, -0.25) is 4.72 Å². The molecule has 0 unspecified atom stereocenters. The van der Waals surface area contributed by atoms with Crippen LogP contribution in [-0.2, 0) is 10.0 Å². The molecule has 0 bridgehead atoms. The van der Waals surface area contributed by atoms with Crippen LogP contribution in [0.1, 0.15) is 15.9 Å². The summed E-state index contributed by atoms with van der Waals surface area (Å²) in [6.45, 7) is 1.62. The number of carboxylic acids is 1. The number of phenols is 1. The number of hydrogen-bond acceptors (Lipinski definition) is 4. The topological polar surface area (TPSA) is 104 Å². The summed E-state index contributed by atoms with van der Waals surface area (Å²) in [4.78, 5) is 10.9. The van der Waals surface area contributed by atoms with Crippen LogP contribution in [0.2, 0.25) is 0 Å². The van der Waals surface area contributed by atoms with E-state index in [0.29, 0.717) is 16.7 Å². The smallest absolute Gasteiger partial charge is 0.339 e. The van der Waals surface area contributed by atoms with Gasteiger partial charge in [-0.05, 0) is 60.0 Å². The molecule has 8 heteroatoms. The van der Waals surface area contributed by atoms with Crippen LogP contribution in [0.15, 0.2) is 65.6 Å². The van der Waals surface area contributed by atoms with Gasteiger partial charge in [0, 0.05) is 6.07 Å². The predicted octanol–water partition coefficient (Wildman–Crippen LogP) is 4.01. The van der Waals surface area contributed by atoms with Gasteiger partial charge in [0.15, 0.2) is 0 Å². The molecule has 3 rings (SSSR count). The van der Waals surface area contributed by atoms with E-state index < -0.39 is 21.7 Å². The van der Waals surface area contributed by atoms with E-state index >= 15 is 0 Å². The number of aromatic hydroxyl groups is 1. The molecule has 0 radical (unpaired) electrons. The lowest BCUT2D eigenvalue weighted by Gasteiger charge is -2.11. The van der Waals surface area contributed by atoms with Crippen LogP contribution < -0.4 is 4.72 Å². The van der Waals surface area contributed by atoms with Crippen molar-refractivity contribution >= 4 is 21.7 Å². The molecule has 0 aliphatic heterocycles. The van der Waals surface area contributed by atoms with Crippen molar-refractivity contribution < 1.29 is 27.8 Å². The first-order valence-electron chi connectivity index (χ1n) is 8.13. The van der Waals surface area contributed by atoms with Crippen LogP contribution in [0.25, 0.3) is 11.1 Å². The number of rotatable bonds is 5. The molecule has 0 saturated carbocycles. The molecule has 0 heterocycles. The molecular formula is C20H16FNO5S. The van der Waals surface area contributed by atoms with Gasteiger partial charge in [-0.1, -0.05) is 18.2 Å². The number of nitrogens with one attached hydrogen (secondary N) is 1. The highest BCUT2D eigenvalue weighted by Crippen LogP contribution is 2.27. The number of sulfonamides is 1. The molecule has 0 amide bonds. The summed E-state index contributed by atoms with van der Waals surface area (Å²) in [7, 11) is -3.99. The number of carbonyl (C=O) groups is 1. The second-order valence-corrected chi connectivity index (χ2v) is 7.82. The molecule has 0 aliphatic carbocycles. The fraction of sp³-hybridized carbons (Fsp3) is 0.0500. The highest BCUT2D eigenvalue weighted by molar-refractivity contribution is 7.92. The molecule has 28 heavy (non-hydrogen) atoms. The molecule has 6 nitrogen and oxygen atoms in total. The number of anilines is 1.